The molecule has 12 nitrogen and oxygen atoms in total. The third-order valence-corrected chi connectivity index (χ3v) is 13.2. The number of anilines is 6. The molecule has 4 aliphatic heterocycles. The van der Waals surface area contributed by atoms with Gasteiger partial charge < -0.3 is 21.3 Å². The van der Waals surface area contributed by atoms with Crippen molar-refractivity contribution in [2.75, 3.05) is 77.0 Å². The zero-order chi connectivity index (χ0) is 35.8. The van der Waals surface area contributed by atoms with Gasteiger partial charge >= 0.3 is 0 Å². The van der Waals surface area contributed by atoms with Crippen LogP contribution < -0.4 is 30.7 Å². The standard InChI is InChI=1S/C19H24N4O2S.C18H22N4O2S.2ClH/c20-18-13-17(26(24,25)21-15-5-2-1-3-6-15)8-9-19(18)23-12-11-22-10-4-7-16(22)14-23;1-21-11-15-9-14(21)12-22(15)18-8-7-16(10-17(18)19)25(23,24)20-13-5-3-2-4-6-13;;/h1-3,5-6,8-9,13,16,21H,4,7,10-12,14,20H2;2-8,10,14-15,20H,9,11-12,19H2,1H3;2*1H. The van der Waals surface area contributed by atoms with Crippen molar-refractivity contribution in [2.24, 2.45) is 0 Å². The highest BCUT2D eigenvalue weighted by Crippen LogP contribution is 2.37. The van der Waals surface area contributed by atoms with Crippen molar-refractivity contribution in [1.29, 1.82) is 0 Å². The van der Waals surface area contributed by atoms with Gasteiger partial charge in [0.1, 0.15) is 0 Å². The molecule has 2 bridgehead atoms. The number of nitrogens with one attached hydrogen (secondary N) is 2. The Labute approximate surface area is 325 Å². The van der Waals surface area contributed by atoms with E-state index in [1.54, 1.807) is 72.8 Å². The lowest BCUT2D eigenvalue weighted by atomic mass is 10.1. The average molecular weight is 804 g/mol. The molecule has 6 N–H and O–H groups in total. The lowest BCUT2D eigenvalue weighted by molar-refractivity contribution is 0.231. The van der Waals surface area contributed by atoms with E-state index in [9.17, 15) is 16.8 Å². The quantitative estimate of drug-likeness (QED) is 0.176. The SMILES string of the molecule is CN1CC2CC1CN2c1ccc(S(=O)(=O)Nc2ccccc2)cc1N.Cl.Cl.Nc1cc(S(=O)(=O)Nc2ccccc2)ccc1N1CCN2CCCC2C1. The second-order valence-electron chi connectivity index (χ2n) is 13.8. The first-order valence-corrected chi connectivity index (χ1v) is 20.3. The zero-order valence-electron chi connectivity index (χ0n) is 29.5. The van der Waals surface area contributed by atoms with Crippen LogP contribution in [0.3, 0.4) is 0 Å². The van der Waals surface area contributed by atoms with Crippen molar-refractivity contribution in [1.82, 2.24) is 9.80 Å². The number of piperazine rings is 2. The molecule has 0 spiro atoms. The molecule has 0 aromatic heterocycles. The first-order valence-electron chi connectivity index (χ1n) is 17.4. The first-order chi connectivity index (χ1) is 24.5. The van der Waals surface area contributed by atoms with Gasteiger partial charge in [0.25, 0.3) is 20.0 Å². The minimum Gasteiger partial charge on any atom is -0.397 e. The Morgan fingerprint density at radius 2 is 1.17 bits per heavy atom. The van der Waals surface area contributed by atoms with Gasteiger partial charge in [0.05, 0.1) is 32.5 Å². The molecular weight excluding hydrogens is 755 g/mol. The molecule has 4 aromatic rings. The number of likely N-dealkylation sites (N-methyl/N-ethyl adjacent to an activating group) is 1. The van der Waals surface area contributed by atoms with E-state index >= 15 is 0 Å². The minimum absolute atomic E-state index is 0. The molecule has 286 valence electrons. The van der Waals surface area contributed by atoms with E-state index in [4.69, 9.17) is 11.5 Å². The molecule has 0 radical (unpaired) electrons. The first kappa shape index (κ1) is 40.3. The topological polar surface area (TPSA) is 157 Å². The van der Waals surface area contributed by atoms with Crippen LogP contribution in [0.2, 0.25) is 0 Å². The summed E-state index contributed by atoms with van der Waals surface area (Å²) in [5.74, 6) is 0. The molecule has 53 heavy (non-hydrogen) atoms. The minimum atomic E-state index is -3.65. The molecular formula is C37H48Cl2N8O4S2. The van der Waals surface area contributed by atoms with E-state index in [0.29, 0.717) is 40.9 Å². The van der Waals surface area contributed by atoms with Crippen LogP contribution in [-0.4, -0.2) is 91.1 Å². The van der Waals surface area contributed by atoms with Crippen molar-refractivity contribution in [3.05, 3.63) is 97.1 Å². The Balaban J connectivity index is 0.000000197. The van der Waals surface area contributed by atoms with E-state index in [-0.39, 0.29) is 34.6 Å². The number of nitrogens with zero attached hydrogens (tertiary/aromatic N) is 4. The normalized spacial score (nSPS) is 21.1. The fourth-order valence-corrected chi connectivity index (χ4v) is 9.95. The Morgan fingerprint density at radius 3 is 1.66 bits per heavy atom. The van der Waals surface area contributed by atoms with Gasteiger partial charge in [0.2, 0.25) is 0 Å². The van der Waals surface area contributed by atoms with Crippen LogP contribution >= 0.6 is 24.8 Å². The van der Waals surface area contributed by atoms with Gasteiger partial charge in [-0.15, -0.1) is 24.8 Å². The molecule has 4 heterocycles. The molecule has 4 aliphatic rings. The number of rotatable bonds is 8. The summed E-state index contributed by atoms with van der Waals surface area (Å²) in [4.78, 5) is 9.86. The molecule has 0 saturated carbocycles. The van der Waals surface area contributed by atoms with Crippen LogP contribution in [0, 0.1) is 0 Å². The van der Waals surface area contributed by atoms with Gasteiger partial charge in [-0.3, -0.25) is 19.2 Å². The maximum Gasteiger partial charge on any atom is 0.261 e. The second-order valence-corrected chi connectivity index (χ2v) is 17.2. The van der Waals surface area contributed by atoms with Crippen molar-refractivity contribution in [3.8, 4) is 0 Å². The highest BCUT2D eigenvalue weighted by Gasteiger charge is 2.42. The zero-order valence-corrected chi connectivity index (χ0v) is 32.8. The largest absolute Gasteiger partial charge is 0.397 e. The number of nitrogen functional groups attached to an aromatic ring is 2. The Kier molecular flexibility index (Phi) is 12.6. The third-order valence-electron chi connectivity index (χ3n) is 10.4. The molecule has 4 saturated heterocycles. The van der Waals surface area contributed by atoms with Gasteiger partial charge in [-0.1, -0.05) is 36.4 Å². The highest BCUT2D eigenvalue weighted by molar-refractivity contribution is 7.93. The van der Waals surface area contributed by atoms with E-state index < -0.39 is 20.0 Å². The number of benzene rings is 4. The van der Waals surface area contributed by atoms with Gasteiger partial charge in [-0.25, -0.2) is 16.8 Å². The van der Waals surface area contributed by atoms with Crippen molar-refractivity contribution in [2.45, 2.75) is 47.2 Å². The molecule has 0 amide bonds. The number of hydrogen-bond acceptors (Lipinski definition) is 10. The average Bonchev–Trinajstić information content (AvgIpc) is 3.85. The van der Waals surface area contributed by atoms with E-state index in [2.05, 4.69) is 36.1 Å². The van der Waals surface area contributed by atoms with Gasteiger partial charge in [0, 0.05) is 62.2 Å². The van der Waals surface area contributed by atoms with Crippen LogP contribution in [0.15, 0.2) is 107 Å². The van der Waals surface area contributed by atoms with Crippen molar-refractivity contribution >= 4 is 79.0 Å². The van der Waals surface area contributed by atoms with Crippen molar-refractivity contribution < 1.29 is 16.8 Å². The predicted octanol–water partition coefficient (Wildman–Crippen LogP) is 5.16. The fourth-order valence-electron chi connectivity index (χ4n) is 7.76. The van der Waals surface area contributed by atoms with Gasteiger partial charge in [-0.05, 0) is 93.5 Å². The number of likely N-dealkylation sites (tertiary alicyclic amines) is 1. The Bertz CT molecular complexity index is 2080. The molecule has 3 atom stereocenters. The predicted molar refractivity (Wildman–Crippen MR) is 220 cm³/mol. The second kappa shape index (κ2) is 16.6. The van der Waals surface area contributed by atoms with Crippen LogP contribution in [0.5, 0.6) is 0 Å². The van der Waals surface area contributed by atoms with Crippen LogP contribution in [-0.2, 0) is 20.0 Å². The maximum absolute atomic E-state index is 12.6. The summed E-state index contributed by atoms with van der Waals surface area (Å²) in [5.41, 5.74) is 16.4. The maximum atomic E-state index is 12.6. The van der Waals surface area contributed by atoms with Crippen LogP contribution in [0.25, 0.3) is 0 Å². The van der Waals surface area contributed by atoms with E-state index in [1.807, 2.05) is 24.3 Å². The third kappa shape index (κ3) is 8.90. The Hall–Kier alpha value is -3.92. The molecule has 8 rings (SSSR count). The number of sulfonamides is 2. The number of hydrogen-bond donors (Lipinski definition) is 4. The highest BCUT2D eigenvalue weighted by atomic mass is 35.5. The molecule has 3 unspecified atom stereocenters. The smallest absolute Gasteiger partial charge is 0.261 e. The summed E-state index contributed by atoms with van der Waals surface area (Å²) in [5, 5.41) is 0. The lowest BCUT2D eigenvalue weighted by Gasteiger charge is -2.39. The van der Waals surface area contributed by atoms with Gasteiger partial charge in [-0.2, -0.15) is 0 Å². The van der Waals surface area contributed by atoms with Crippen LogP contribution in [0.1, 0.15) is 19.3 Å². The molecule has 0 aliphatic carbocycles. The monoisotopic (exact) mass is 802 g/mol. The number of halogens is 2. The van der Waals surface area contributed by atoms with E-state index in [0.717, 1.165) is 50.5 Å². The summed E-state index contributed by atoms with van der Waals surface area (Å²) < 4.78 is 55.5. The summed E-state index contributed by atoms with van der Waals surface area (Å²) in [6.07, 6.45) is 3.63. The Morgan fingerprint density at radius 1 is 0.623 bits per heavy atom. The summed E-state index contributed by atoms with van der Waals surface area (Å²) >= 11 is 0. The summed E-state index contributed by atoms with van der Waals surface area (Å²) in [6.45, 7) is 6.09. The van der Waals surface area contributed by atoms with Gasteiger partial charge in [0.15, 0.2) is 0 Å². The van der Waals surface area contributed by atoms with Crippen LogP contribution in [0.4, 0.5) is 34.1 Å². The fraction of sp³-hybridized carbons (Fsp3) is 0.351. The molecule has 4 fully saturated rings. The summed E-state index contributed by atoms with van der Waals surface area (Å²) in [7, 11) is -5.16. The molecule has 16 heteroatoms. The van der Waals surface area contributed by atoms with E-state index in [1.165, 1.54) is 19.4 Å². The lowest BCUT2D eigenvalue weighted by Crippen LogP contribution is -2.50. The number of fused-ring (bicyclic) bond motifs is 3. The summed E-state index contributed by atoms with van der Waals surface area (Å²) in [6, 6.07) is 29.4. The number of para-hydroxylation sites is 2. The molecule has 4 aromatic carbocycles. The van der Waals surface area contributed by atoms with Crippen molar-refractivity contribution in [3.63, 3.8) is 0 Å². The number of nitrogens with two attached hydrogens (primary N) is 2.